The summed E-state index contributed by atoms with van der Waals surface area (Å²) in [7, 11) is 0. The van der Waals surface area contributed by atoms with Crippen molar-refractivity contribution >= 4 is 16.5 Å². The first kappa shape index (κ1) is 12.5. The van der Waals surface area contributed by atoms with Gasteiger partial charge in [-0.3, -0.25) is 0 Å². The number of anilines is 1. The average Bonchev–Trinajstić information content (AvgIpc) is 3.25. The van der Waals surface area contributed by atoms with Crippen molar-refractivity contribution in [3.8, 4) is 0 Å². The Kier molecular flexibility index (Phi) is 3.19. The smallest absolute Gasteiger partial charge is 0.0445 e. The van der Waals surface area contributed by atoms with Gasteiger partial charge < -0.3 is 10.6 Å². The molecule has 0 spiro atoms. The van der Waals surface area contributed by atoms with Crippen LogP contribution in [0.5, 0.6) is 0 Å². The van der Waals surface area contributed by atoms with Crippen LogP contribution in [0.4, 0.5) is 5.69 Å². The van der Waals surface area contributed by atoms with E-state index in [1.807, 2.05) is 0 Å². The Morgan fingerprint density at radius 3 is 2.53 bits per heavy atom. The summed E-state index contributed by atoms with van der Waals surface area (Å²) in [6.07, 6.45) is 2.57. The fourth-order valence-corrected chi connectivity index (χ4v) is 2.86. The van der Waals surface area contributed by atoms with E-state index < -0.39 is 0 Å². The van der Waals surface area contributed by atoms with E-state index in [0.717, 1.165) is 19.6 Å². The van der Waals surface area contributed by atoms with Gasteiger partial charge in [0.05, 0.1) is 0 Å². The van der Waals surface area contributed by atoms with Crippen molar-refractivity contribution in [3.05, 3.63) is 42.5 Å². The lowest BCUT2D eigenvalue weighted by Crippen LogP contribution is -2.34. The summed E-state index contributed by atoms with van der Waals surface area (Å²) in [5.74, 6) is 0. The summed E-state index contributed by atoms with van der Waals surface area (Å²) in [6.45, 7) is 5.17. The third-order valence-corrected chi connectivity index (χ3v) is 4.41. The molecule has 0 atom stereocenters. The molecule has 0 aliphatic heterocycles. The molecule has 0 bridgehead atoms. The molecule has 2 aromatic carbocycles. The normalized spacial score (nSPS) is 16.5. The van der Waals surface area contributed by atoms with Crippen LogP contribution in [0.3, 0.4) is 0 Å². The number of fused-ring (bicyclic) bond motifs is 1. The van der Waals surface area contributed by atoms with Crippen LogP contribution >= 0.6 is 0 Å². The van der Waals surface area contributed by atoms with Crippen molar-refractivity contribution < 1.29 is 0 Å². The Hall–Kier alpha value is -1.54. The van der Waals surface area contributed by atoms with Crippen LogP contribution < -0.4 is 10.6 Å². The van der Waals surface area contributed by atoms with Crippen LogP contribution in [-0.2, 0) is 0 Å². The molecule has 2 heteroatoms. The Bertz CT molecular complexity index is 567. The third kappa shape index (κ3) is 2.33. The van der Waals surface area contributed by atoms with Gasteiger partial charge in [0.25, 0.3) is 0 Å². The molecule has 0 radical (unpaired) electrons. The van der Waals surface area contributed by atoms with Gasteiger partial charge >= 0.3 is 0 Å². The molecule has 1 saturated carbocycles. The lowest BCUT2D eigenvalue weighted by molar-refractivity contribution is 0.513. The number of hydrogen-bond acceptors (Lipinski definition) is 2. The minimum atomic E-state index is 0.382. The van der Waals surface area contributed by atoms with E-state index in [1.165, 1.54) is 29.3 Å². The van der Waals surface area contributed by atoms with Gasteiger partial charge in [0.2, 0.25) is 0 Å². The molecule has 19 heavy (non-hydrogen) atoms. The van der Waals surface area contributed by atoms with Crippen LogP contribution in [0.15, 0.2) is 42.5 Å². The molecule has 2 N–H and O–H groups in total. The monoisotopic (exact) mass is 254 g/mol. The van der Waals surface area contributed by atoms with Gasteiger partial charge in [-0.2, -0.15) is 0 Å². The zero-order valence-corrected chi connectivity index (χ0v) is 11.6. The van der Waals surface area contributed by atoms with Gasteiger partial charge in [-0.15, -0.1) is 0 Å². The van der Waals surface area contributed by atoms with Crippen molar-refractivity contribution in [1.29, 1.82) is 0 Å². The Morgan fingerprint density at radius 1 is 1.11 bits per heavy atom. The fourth-order valence-electron chi connectivity index (χ4n) is 2.86. The van der Waals surface area contributed by atoms with Crippen molar-refractivity contribution in [2.75, 3.05) is 24.5 Å². The second kappa shape index (κ2) is 4.86. The van der Waals surface area contributed by atoms with Crippen molar-refractivity contribution in [2.45, 2.75) is 19.8 Å². The van der Waals surface area contributed by atoms with Gasteiger partial charge in [-0.25, -0.2) is 0 Å². The Labute approximate surface area is 115 Å². The second-order valence-electron chi connectivity index (χ2n) is 5.72. The summed E-state index contributed by atoms with van der Waals surface area (Å²) in [4.78, 5) is 2.49. The maximum absolute atomic E-state index is 5.94. The van der Waals surface area contributed by atoms with E-state index in [4.69, 9.17) is 5.73 Å². The fraction of sp³-hybridized carbons (Fsp3) is 0.412. The largest absolute Gasteiger partial charge is 0.371 e. The molecule has 2 nitrogen and oxygen atoms in total. The number of hydrogen-bond donors (Lipinski definition) is 1. The summed E-state index contributed by atoms with van der Waals surface area (Å²) in [6, 6.07) is 15.2. The summed E-state index contributed by atoms with van der Waals surface area (Å²) in [5, 5.41) is 2.66. The van der Waals surface area contributed by atoms with Crippen molar-refractivity contribution in [1.82, 2.24) is 0 Å². The summed E-state index contributed by atoms with van der Waals surface area (Å²) >= 11 is 0. The molecule has 1 aliphatic rings. The van der Waals surface area contributed by atoms with Gasteiger partial charge in [0.1, 0.15) is 0 Å². The molecule has 0 aromatic heterocycles. The highest BCUT2D eigenvalue weighted by Crippen LogP contribution is 2.46. The maximum Gasteiger partial charge on any atom is 0.0445 e. The van der Waals surface area contributed by atoms with Gasteiger partial charge in [0, 0.05) is 29.6 Å². The first-order valence-electron chi connectivity index (χ1n) is 7.21. The average molecular weight is 254 g/mol. The molecule has 0 unspecified atom stereocenters. The van der Waals surface area contributed by atoms with E-state index >= 15 is 0 Å². The SMILES string of the molecule is CCN(CC1(CN)CC1)c1cccc2ccccc12. The molecule has 1 fully saturated rings. The van der Waals surface area contributed by atoms with Gasteiger partial charge in [-0.05, 0) is 37.8 Å². The highest BCUT2D eigenvalue weighted by Gasteiger charge is 2.42. The Morgan fingerprint density at radius 2 is 1.84 bits per heavy atom. The van der Waals surface area contributed by atoms with Crippen LogP contribution in [0.25, 0.3) is 10.8 Å². The summed E-state index contributed by atoms with van der Waals surface area (Å²) in [5.41, 5.74) is 7.67. The van der Waals surface area contributed by atoms with Crippen molar-refractivity contribution in [2.24, 2.45) is 11.1 Å². The standard InChI is InChI=1S/C17H22N2/c1-2-19(13-17(12-18)10-11-17)16-9-5-7-14-6-3-4-8-15(14)16/h3-9H,2,10-13,18H2,1H3. The predicted octanol–water partition coefficient (Wildman–Crippen LogP) is 3.41. The number of nitrogens with zero attached hydrogens (tertiary/aromatic N) is 1. The van der Waals surface area contributed by atoms with E-state index in [2.05, 4.69) is 54.3 Å². The topological polar surface area (TPSA) is 29.3 Å². The number of rotatable bonds is 5. The minimum absolute atomic E-state index is 0.382. The lowest BCUT2D eigenvalue weighted by atomic mass is 10.0. The molecular formula is C17H22N2. The number of benzene rings is 2. The van der Waals surface area contributed by atoms with Gasteiger partial charge in [0.15, 0.2) is 0 Å². The van der Waals surface area contributed by atoms with Crippen LogP contribution in [0.2, 0.25) is 0 Å². The first-order chi connectivity index (χ1) is 9.28. The van der Waals surface area contributed by atoms with E-state index in [9.17, 15) is 0 Å². The van der Waals surface area contributed by atoms with E-state index in [1.54, 1.807) is 0 Å². The molecule has 0 amide bonds. The molecule has 100 valence electrons. The molecule has 3 rings (SSSR count). The lowest BCUT2D eigenvalue weighted by Gasteiger charge is -2.29. The van der Waals surface area contributed by atoms with E-state index in [-0.39, 0.29) is 0 Å². The van der Waals surface area contributed by atoms with Crippen molar-refractivity contribution in [3.63, 3.8) is 0 Å². The first-order valence-corrected chi connectivity index (χ1v) is 7.21. The molecule has 0 heterocycles. The molecule has 0 saturated heterocycles. The maximum atomic E-state index is 5.94. The quantitative estimate of drug-likeness (QED) is 0.886. The predicted molar refractivity (Wildman–Crippen MR) is 82.6 cm³/mol. The zero-order chi connectivity index (χ0) is 13.3. The minimum Gasteiger partial charge on any atom is -0.371 e. The molecular weight excluding hydrogens is 232 g/mol. The highest BCUT2D eigenvalue weighted by molar-refractivity contribution is 5.94. The van der Waals surface area contributed by atoms with Gasteiger partial charge in [-0.1, -0.05) is 36.4 Å². The van der Waals surface area contributed by atoms with E-state index in [0.29, 0.717) is 5.41 Å². The summed E-state index contributed by atoms with van der Waals surface area (Å²) < 4.78 is 0. The highest BCUT2D eigenvalue weighted by atomic mass is 15.1. The van der Waals surface area contributed by atoms with Crippen LogP contribution in [0, 0.1) is 5.41 Å². The van der Waals surface area contributed by atoms with Crippen LogP contribution in [-0.4, -0.2) is 19.6 Å². The zero-order valence-electron chi connectivity index (χ0n) is 11.6. The second-order valence-corrected chi connectivity index (χ2v) is 5.72. The third-order valence-electron chi connectivity index (χ3n) is 4.41. The number of nitrogens with two attached hydrogens (primary N) is 1. The Balaban J connectivity index is 1.97. The molecule has 1 aliphatic carbocycles. The molecule has 2 aromatic rings. The van der Waals surface area contributed by atoms with Crippen LogP contribution in [0.1, 0.15) is 19.8 Å².